The average molecular weight is 402 g/mol. The Bertz CT molecular complexity index is 496. The number of rotatable bonds is 5. The van der Waals surface area contributed by atoms with Gasteiger partial charge in [-0.1, -0.05) is 0 Å². The molecule has 0 bridgehead atoms. The van der Waals surface area contributed by atoms with E-state index in [1.807, 2.05) is 0 Å². The van der Waals surface area contributed by atoms with Crippen LogP contribution in [-0.4, -0.2) is 48.6 Å². The van der Waals surface area contributed by atoms with Crippen LogP contribution in [0.5, 0.6) is 0 Å². The molecule has 0 spiro atoms. The van der Waals surface area contributed by atoms with Gasteiger partial charge in [0.25, 0.3) is 0 Å². The summed E-state index contributed by atoms with van der Waals surface area (Å²) in [7, 11) is -6.35. The second-order valence-electron chi connectivity index (χ2n) is 3.63. The van der Waals surface area contributed by atoms with Crippen molar-refractivity contribution >= 4 is 10.1 Å². The maximum atomic E-state index is 12.7. The fourth-order valence-corrected chi connectivity index (χ4v) is 1.54. The first-order valence-electron chi connectivity index (χ1n) is 4.22. The standard InChI is InChI=1S/C6H3F11O3S.K/c7-2(8,1-21(18,19)20)3(9,10)4(11,12)5(13,14)6(15,16)17;/h1H2,(H,18,19,20);/q;+1/p-1. The second-order valence-corrected chi connectivity index (χ2v) is 5.03. The van der Waals surface area contributed by atoms with Gasteiger partial charge in [0.15, 0.2) is 0 Å². The van der Waals surface area contributed by atoms with E-state index in [-0.39, 0.29) is 51.4 Å². The molecule has 128 valence electrons. The molecule has 0 aromatic carbocycles. The summed E-state index contributed by atoms with van der Waals surface area (Å²) in [5, 5.41) is 0. The van der Waals surface area contributed by atoms with Crippen molar-refractivity contribution in [2.24, 2.45) is 0 Å². The third-order valence-electron chi connectivity index (χ3n) is 1.96. The van der Waals surface area contributed by atoms with E-state index in [1.54, 1.807) is 0 Å². The van der Waals surface area contributed by atoms with Crippen molar-refractivity contribution in [2.75, 3.05) is 5.75 Å². The van der Waals surface area contributed by atoms with Crippen molar-refractivity contribution in [1.29, 1.82) is 0 Å². The molecule has 0 saturated heterocycles. The van der Waals surface area contributed by atoms with E-state index in [0.29, 0.717) is 0 Å². The minimum Gasteiger partial charge on any atom is -0.748 e. The topological polar surface area (TPSA) is 57.2 Å². The normalized spacial score (nSPS) is 15.5. The predicted molar refractivity (Wildman–Crippen MR) is 40.4 cm³/mol. The Labute approximate surface area is 157 Å². The zero-order chi connectivity index (χ0) is 17.7. The summed E-state index contributed by atoms with van der Waals surface area (Å²) in [5.74, 6) is -33.1. The van der Waals surface area contributed by atoms with E-state index < -0.39 is 45.7 Å². The molecular formula is C6H2F11KO3S. The molecule has 16 heteroatoms. The molecule has 0 fully saturated rings. The first kappa shape index (κ1) is 25.0. The van der Waals surface area contributed by atoms with E-state index in [1.165, 1.54) is 0 Å². The van der Waals surface area contributed by atoms with Crippen LogP contribution in [0.4, 0.5) is 48.3 Å². The second kappa shape index (κ2) is 6.59. The Morgan fingerprint density at radius 3 is 1.23 bits per heavy atom. The quantitative estimate of drug-likeness (QED) is 0.359. The Kier molecular flexibility index (Phi) is 7.49. The molecule has 0 aliphatic carbocycles. The van der Waals surface area contributed by atoms with Crippen LogP contribution in [0.25, 0.3) is 0 Å². The van der Waals surface area contributed by atoms with E-state index in [4.69, 9.17) is 0 Å². The van der Waals surface area contributed by atoms with E-state index in [9.17, 15) is 61.3 Å². The van der Waals surface area contributed by atoms with Crippen LogP contribution in [-0.2, 0) is 10.1 Å². The largest absolute Gasteiger partial charge is 1.00 e. The van der Waals surface area contributed by atoms with E-state index in [0.717, 1.165) is 0 Å². The van der Waals surface area contributed by atoms with Crippen molar-refractivity contribution in [1.82, 2.24) is 0 Å². The van der Waals surface area contributed by atoms with Gasteiger partial charge in [0, 0.05) is 0 Å². The molecule has 0 amide bonds. The van der Waals surface area contributed by atoms with Gasteiger partial charge in [0.2, 0.25) is 0 Å². The molecule has 0 heterocycles. The van der Waals surface area contributed by atoms with Crippen LogP contribution in [0.15, 0.2) is 0 Å². The summed E-state index contributed by atoms with van der Waals surface area (Å²) >= 11 is 0. The molecular weight excluding hydrogens is 400 g/mol. The zero-order valence-corrected chi connectivity index (χ0v) is 13.9. The molecule has 3 nitrogen and oxygen atoms in total. The molecule has 0 aromatic heterocycles. The van der Waals surface area contributed by atoms with Gasteiger partial charge in [-0.2, -0.15) is 48.3 Å². The summed E-state index contributed by atoms with van der Waals surface area (Å²) in [4.78, 5) is 0. The Balaban J connectivity index is 0. The predicted octanol–water partition coefficient (Wildman–Crippen LogP) is -0.361. The third kappa shape index (κ3) is 4.44. The fraction of sp³-hybridized carbons (Fsp3) is 1.00. The number of hydrogen-bond acceptors (Lipinski definition) is 3. The molecule has 0 radical (unpaired) electrons. The van der Waals surface area contributed by atoms with Crippen LogP contribution in [0.2, 0.25) is 0 Å². The van der Waals surface area contributed by atoms with Crippen molar-refractivity contribution in [3.63, 3.8) is 0 Å². The molecule has 0 atom stereocenters. The van der Waals surface area contributed by atoms with Gasteiger partial charge in [-0.05, 0) is 0 Å². The monoisotopic (exact) mass is 402 g/mol. The molecule has 0 rings (SSSR count). The Hall–Kier alpha value is 0.776. The van der Waals surface area contributed by atoms with Gasteiger partial charge < -0.3 is 4.55 Å². The SMILES string of the molecule is O=S(=O)([O-])CC(F)(F)C(F)(F)C(F)(F)C(F)(F)C(F)(F)F.[K+]. The van der Waals surface area contributed by atoms with Gasteiger partial charge in [-0.25, -0.2) is 8.42 Å². The summed E-state index contributed by atoms with van der Waals surface area (Å²) in [6.07, 6.45) is -7.34. The van der Waals surface area contributed by atoms with Gasteiger partial charge in [0.05, 0.1) is 0 Å². The van der Waals surface area contributed by atoms with Crippen LogP contribution >= 0.6 is 0 Å². The molecule has 0 aliphatic heterocycles. The maximum Gasteiger partial charge on any atom is 1.00 e. The molecule has 0 saturated carbocycles. The van der Waals surface area contributed by atoms with Crippen molar-refractivity contribution in [2.45, 2.75) is 29.9 Å². The van der Waals surface area contributed by atoms with Gasteiger partial charge in [0.1, 0.15) is 15.9 Å². The number of halogens is 11. The molecule has 22 heavy (non-hydrogen) atoms. The van der Waals surface area contributed by atoms with Crippen LogP contribution in [0.1, 0.15) is 0 Å². The molecule has 0 aromatic rings. The Morgan fingerprint density at radius 2 is 1.00 bits per heavy atom. The van der Waals surface area contributed by atoms with Crippen LogP contribution in [0, 0.1) is 0 Å². The fourth-order valence-electron chi connectivity index (χ4n) is 0.918. The zero-order valence-electron chi connectivity index (χ0n) is 10.00. The van der Waals surface area contributed by atoms with Crippen LogP contribution in [0.3, 0.4) is 0 Å². The summed E-state index contributed by atoms with van der Waals surface area (Å²) in [5.41, 5.74) is 0. The first-order chi connectivity index (χ1) is 8.71. The smallest absolute Gasteiger partial charge is 0.748 e. The first-order valence-corrected chi connectivity index (χ1v) is 5.80. The number of alkyl halides is 11. The van der Waals surface area contributed by atoms with Gasteiger partial charge in [-0.15, -0.1) is 0 Å². The minimum absolute atomic E-state index is 0. The third-order valence-corrected chi connectivity index (χ3v) is 2.68. The molecule has 0 N–H and O–H groups in total. The van der Waals surface area contributed by atoms with Gasteiger partial charge in [-0.3, -0.25) is 0 Å². The Morgan fingerprint density at radius 1 is 0.682 bits per heavy atom. The van der Waals surface area contributed by atoms with Gasteiger partial charge >= 0.3 is 81.3 Å². The summed E-state index contributed by atoms with van der Waals surface area (Å²) in [6.45, 7) is 0. The van der Waals surface area contributed by atoms with Crippen molar-refractivity contribution in [3.05, 3.63) is 0 Å². The summed E-state index contributed by atoms with van der Waals surface area (Å²) < 4.78 is 164. The number of hydrogen-bond donors (Lipinski definition) is 0. The van der Waals surface area contributed by atoms with E-state index >= 15 is 0 Å². The van der Waals surface area contributed by atoms with Crippen LogP contribution < -0.4 is 51.4 Å². The van der Waals surface area contributed by atoms with Crippen molar-refractivity contribution in [3.8, 4) is 0 Å². The van der Waals surface area contributed by atoms with E-state index in [2.05, 4.69) is 0 Å². The summed E-state index contributed by atoms with van der Waals surface area (Å²) in [6, 6.07) is 0. The average Bonchev–Trinajstić information content (AvgIpc) is 2.10. The minimum atomic E-state index is -7.72. The maximum absolute atomic E-state index is 12.7. The molecule has 0 aliphatic rings. The van der Waals surface area contributed by atoms with Crippen molar-refractivity contribution < 1.29 is 113 Å². The molecule has 0 unspecified atom stereocenters.